The monoisotopic (exact) mass is 299 g/mol. The molecular weight excluding hydrogens is 290 g/mol. The molecule has 1 aromatic heterocycles. The highest BCUT2D eigenvalue weighted by atomic mass is 79.9. The van der Waals surface area contributed by atoms with E-state index in [9.17, 15) is 4.79 Å². The van der Waals surface area contributed by atoms with Crippen molar-refractivity contribution in [2.24, 2.45) is 0 Å². The summed E-state index contributed by atoms with van der Waals surface area (Å²) in [6.07, 6.45) is 0. The van der Waals surface area contributed by atoms with Gasteiger partial charge in [0.25, 0.3) is 5.56 Å². The van der Waals surface area contributed by atoms with Crippen LogP contribution in [0.25, 0.3) is 22.0 Å². The molecule has 0 atom stereocenters. The fourth-order valence-electron chi connectivity index (χ4n) is 2.05. The molecule has 1 heterocycles. The van der Waals surface area contributed by atoms with Crippen molar-refractivity contribution in [3.63, 3.8) is 0 Å². The Morgan fingerprint density at radius 1 is 0.833 bits per heavy atom. The summed E-state index contributed by atoms with van der Waals surface area (Å²) in [5.41, 5.74) is 1.75. The maximum atomic E-state index is 12.0. The predicted molar refractivity (Wildman–Crippen MR) is 77.7 cm³/mol. The van der Waals surface area contributed by atoms with Gasteiger partial charge in [-0.2, -0.15) is 0 Å². The second-order valence-electron chi connectivity index (χ2n) is 4.05. The van der Waals surface area contributed by atoms with Crippen LogP contribution in [0.5, 0.6) is 0 Å². The second kappa shape index (κ2) is 4.42. The summed E-state index contributed by atoms with van der Waals surface area (Å²) in [6, 6.07) is 17.4. The van der Waals surface area contributed by atoms with Gasteiger partial charge in [0.2, 0.25) is 0 Å². The summed E-state index contributed by atoms with van der Waals surface area (Å²) in [6.45, 7) is 0. The molecule has 3 rings (SSSR count). The van der Waals surface area contributed by atoms with E-state index < -0.39 is 0 Å². The minimum Gasteiger partial charge on any atom is -0.320 e. The zero-order chi connectivity index (χ0) is 12.5. The number of benzene rings is 2. The van der Waals surface area contributed by atoms with Gasteiger partial charge in [-0.05, 0) is 27.6 Å². The van der Waals surface area contributed by atoms with Crippen molar-refractivity contribution in [3.05, 3.63) is 69.4 Å². The standard InChI is InChI=1S/C15H10BrNO/c16-13-11-8-4-5-9-12(11)15(18)17-14(13)10-6-2-1-3-7-10/h1-9H,(H,17,18). The molecule has 1 N–H and O–H groups in total. The van der Waals surface area contributed by atoms with E-state index in [2.05, 4.69) is 20.9 Å². The van der Waals surface area contributed by atoms with Crippen molar-refractivity contribution in [1.29, 1.82) is 0 Å². The second-order valence-corrected chi connectivity index (χ2v) is 4.85. The fraction of sp³-hybridized carbons (Fsp3) is 0. The first-order chi connectivity index (χ1) is 8.77. The smallest absolute Gasteiger partial charge is 0.256 e. The molecule has 0 radical (unpaired) electrons. The van der Waals surface area contributed by atoms with E-state index >= 15 is 0 Å². The van der Waals surface area contributed by atoms with Gasteiger partial charge >= 0.3 is 0 Å². The highest BCUT2D eigenvalue weighted by molar-refractivity contribution is 9.10. The van der Waals surface area contributed by atoms with Crippen molar-refractivity contribution in [1.82, 2.24) is 4.98 Å². The molecule has 0 unspecified atom stereocenters. The maximum Gasteiger partial charge on any atom is 0.256 e. The van der Waals surface area contributed by atoms with Crippen molar-refractivity contribution in [2.45, 2.75) is 0 Å². The van der Waals surface area contributed by atoms with Gasteiger partial charge in [0.1, 0.15) is 0 Å². The van der Waals surface area contributed by atoms with E-state index in [1.807, 2.05) is 54.6 Å². The molecule has 0 saturated carbocycles. The molecular formula is C15H10BrNO. The molecule has 3 heteroatoms. The summed E-state index contributed by atoms with van der Waals surface area (Å²) in [5.74, 6) is 0. The van der Waals surface area contributed by atoms with E-state index in [4.69, 9.17) is 0 Å². The average molecular weight is 300 g/mol. The van der Waals surface area contributed by atoms with Crippen molar-refractivity contribution in [3.8, 4) is 11.3 Å². The molecule has 0 aliphatic rings. The number of nitrogens with one attached hydrogen (secondary N) is 1. The lowest BCUT2D eigenvalue weighted by Gasteiger charge is -2.07. The van der Waals surface area contributed by atoms with E-state index in [1.54, 1.807) is 0 Å². The number of aromatic nitrogens is 1. The molecule has 0 aliphatic heterocycles. The van der Waals surface area contributed by atoms with Gasteiger partial charge in [-0.1, -0.05) is 48.5 Å². The van der Waals surface area contributed by atoms with Gasteiger partial charge in [-0.15, -0.1) is 0 Å². The van der Waals surface area contributed by atoms with Gasteiger partial charge in [0.05, 0.1) is 5.69 Å². The number of fused-ring (bicyclic) bond motifs is 1. The number of aromatic amines is 1. The van der Waals surface area contributed by atoms with Crippen LogP contribution >= 0.6 is 15.9 Å². The minimum absolute atomic E-state index is 0.0624. The van der Waals surface area contributed by atoms with Gasteiger partial charge in [0, 0.05) is 15.2 Å². The van der Waals surface area contributed by atoms with E-state index in [0.29, 0.717) is 5.39 Å². The zero-order valence-electron chi connectivity index (χ0n) is 9.48. The molecule has 18 heavy (non-hydrogen) atoms. The highest BCUT2D eigenvalue weighted by Gasteiger charge is 2.09. The van der Waals surface area contributed by atoms with E-state index in [0.717, 1.165) is 21.1 Å². The van der Waals surface area contributed by atoms with Crippen LogP contribution in [0, 0.1) is 0 Å². The Labute approximate surface area is 112 Å². The molecule has 2 nitrogen and oxygen atoms in total. The maximum absolute atomic E-state index is 12.0. The van der Waals surface area contributed by atoms with Crippen LogP contribution in [0.4, 0.5) is 0 Å². The van der Waals surface area contributed by atoms with Gasteiger partial charge < -0.3 is 4.98 Å². The lowest BCUT2D eigenvalue weighted by molar-refractivity contribution is 1.27. The lowest BCUT2D eigenvalue weighted by Crippen LogP contribution is -2.08. The molecule has 88 valence electrons. The quantitative estimate of drug-likeness (QED) is 0.725. The summed E-state index contributed by atoms with van der Waals surface area (Å²) in [7, 11) is 0. The average Bonchev–Trinajstić information content (AvgIpc) is 2.44. The molecule has 2 aromatic carbocycles. The van der Waals surface area contributed by atoms with Gasteiger partial charge in [-0.3, -0.25) is 4.79 Å². The molecule has 0 amide bonds. The fourth-order valence-corrected chi connectivity index (χ4v) is 2.72. The third-order valence-corrected chi connectivity index (χ3v) is 3.75. The Bertz CT molecular complexity index is 762. The van der Waals surface area contributed by atoms with Crippen molar-refractivity contribution in [2.75, 3.05) is 0 Å². The van der Waals surface area contributed by atoms with Crippen LogP contribution in [0.15, 0.2) is 63.9 Å². The van der Waals surface area contributed by atoms with E-state index in [-0.39, 0.29) is 5.56 Å². The topological polar surface area (TPSA) is 32.9 Å². The Kier molecular flexibility index (Phi) is 2.76. The van der Waals surface area contributed by atoms with Crippen molar-refractivity contribution >= 4 is 26.7 Å². The lowest BCUT2D eigenvalue weighted by atomic mass is 10.1. The normalized spacial score (nSPS) is 10.7. The molecule has 0 bridgehead atoms. The van der Waals surface area contributed by atoms with Crippen LogP contribution in [0.3, 0.4) is 0 Å². The third kappa shape index (κ3) is 1.77. The van der Waals surface area contributed by atoms with E-state index in [1.165, 1.54) is 0 Å². The summed E-state index contributed by atoms with van der Waals surface area (Å²) < 4.78 is 0.920. The molecule has 3 aromatic rings. The first kappa shape index (κ1) is 11.2. The largest absolute Gasteiger partial charge is 0.320 e. The number of rotatable bonds is 1. The van der Waals surface area contributed by atoms with Gasteiger partial charge in [0.15, 0.2) is 0 Å². The number of halogens is 1. The number of pyridine rings is 1. The molecule has 0 spiro atoms. The first-order valence-electron chi connectivity index (χ1n) is 5.63. The van der Waals surface area contributed by atoms with Gasteiger partial charge in [-0.25, -0.2) is 0 Å². The van der Waals surface area contributed by atoms with Crippen LogP contribution in [-0.2, 0) is 0 Å². The third-order valence-electron chi connectivity index (χ3n) is 2.93. The number of hydrogen-bond acceptors (Lipinski definition) is 1. The Morgan fingerprint density at radius 3 is 2.17 bits per heavy atom. The Hall–Kier alpha value is -1.87. The number of hydrogen-bond donors (Lipinski definition) is 1. The van der Waals surface area contributed by atoms with Crippen LogP contribution in [0.1, 0.15) is 0 Å². The molecule has 0 fully saturated rings. The minimum atomic E-state index is -0.0624. The summed E-state index contributed by atoms with van der Waals surface area (Å²) in [5, 5.41) is 1.63. The summed E-state index contributed by atoms with van der Waals surface area (Å²) >= 11 is 3.58. The first-order valence-corrected chi connectivity index (χ1v) is 6.42. The number of H-pyrrole nitrogens is 1. The molecule has 0 saturated heterocycles. The predicted octanol–water partition coefficient (Wildman–Crippen LogP) is 3.96. The highest BCUT2D eigenvalue weighted by Crippen LogP contribution is 2.30. The van der Waals surface area contributed by atoms with Crippen LogP contribution < -0.4 is 5.56 Å². The Morgan fingerprint density at radius 2 is 1.44 bits per heavy atom. The van der Waals surface area contributed by atoms with Crippen molar-refractivity contribution < 1.29 is 0 Å². The SMILES string of the molecule is O=c1[nH]c(-c2ccccc2)c(Br)c2ccccc12. The van der Waals surface area contributed by atoms with Crippen LogP contribution in [0.2, 0.25) is 0 Å². The molecule has 0 aliphatic carbocycles. The summed E-state index contributed by atoms with van der Waals surface area (Å²) in [4.78, 5) is 15.0. The van der Waals surface area contributed by atoms with Crippen LogP contribution in [-0.4, -0.2) is 4.98 Å². The zero-order valence-corrected chi connectivity index (χ0v) is 11.1. The Balaban J connectivity index is 2.39.